The monoisotopic (exact) mass is 660 g/mol. The zero-order chi connectivity index (χ0) is 33.3. The largest absolute Gasteiger partial charge is 0.469 e. The van der Waals surface area contributed by atoms with E-state index in [-0.39, 0.29) is 19.4 Å². The second-order valence-electron chi connectivity index (χ2n) is 12.6. The van der Waals surface area contributed by atoms with Gasteiger partial charge in [-0.2, -0.15) is 0 Å². The lowest BCUT2D eigenvalue weighted by Gasteiger charge is -2.18. The van der Waals surface area contributed by atoms with Crippen molar-refractivity contribution in [3.05, 3.63) is 12.2 Å². The Labute approximate surface area is 276 Å². The van der Waals surface area contributed by atoms with Gasteiger partial charge in [-0.1, -0.05) is 148 Å². The molecule has 0 aliphatic carbocycles. The van der Waals surface area contributed by atoms with Crippen LogP contribution in [0.1, 0.15) is 187 Å². The average molecular weight is 661 g/mol. The minimum absolute atomic E-state index is 0.216. The Morgan fingerprint density at radius 3 is 1.40 bits per heavy atom. The molecule has 45 heavy (non-hydrogen) atoms. The Balaban J connectivity index is 3.95. The van der Waals surface area contributed by atoms with Crippen LogP contribution in [0.2, 0.25) is 0 Å². The quantitative estimate of drug-likeness (QED) is 0.0303. The van der Waals surface area contributed by atoms with Gasteiger partial charge >= 0.3 is 19.8 Å². The number of allylic oxidation sites excluding steroid dienone is 2. The molecule has 0 radical (unpaired) electrons. The maximum atomic E-state index is 12.3. The standard InChI is InChI=1S/C36H69O8P/c1-3-5-7-9-11-13-15-17-18-19-21-23-25-27-29-31-36(38)44-34(33-43-45(39,40)41)32-42-35(37)30-28-26-24-22-20-16-14-12-10-8-6-4-2/h12,14,34H,3-11,13,15-33H2,1-2H3,(H2,39,40,41)/b14-12+/t34-/m1/s1. The van der Waals surface area contributed by atoms with Crippen LogP contribution in [-0.4, -0.2) is 41.0 Å². The zero-order valence-electron chi connectivity index (χ0n) is 29.0. The van der Waals surface area contributed by atoms with Crippen molar-refractivity contribution in [2.75, 3.05) is 13.2 Å². The van der Waals surface area contributed by atoms with Gasteiger partial charge in [0.25, 0.3) is 0 Å². The van der Waals surface area contributed by atoms with Crippen molar-refractivity contribution in [3.63, 3.8) is 0 Å². The molecule has 0 aliphatic rings. The fourth-order valence-electron chi connectivity index (χ4n) is 5.25. The number of unbranched alkanes of at least 4 members (excludes halogenated alkanes) is 22. The first kappa shape index (κ1) is 43.8. The Kier molecular flexibility index (Phi) is 31.8. The molecular weight excluding hydrogens is 591 g/mol. The Morgan fingerprint density at radius 2 is 0.933 bits per heavy atom. The molecule has 0 rings (SSSR count). The number of hydrogen-bond acceptors (Lipinski definition) is 6. The SMILES string of the molecule is CCCCC/C=C/CCCCCCCC(=O)OC[C@H](COP(=O)(O)O)OC(=O)CCCCCCCCCCCCCCCCC. The van der Waals surface area contributed by atoms with Crippen LogP contribution in [0.4, 0.5) is 0 Å². The van der Waals surface area contributed by atoms with E-state index in [0.29, 0.717) is 12.8 Å². The molecule has 266 valence electrons. The molecule has 0 spiro atoms. The van der Waals surface area contributed by atoms with Crippen molar-refractivity contribution in [1.29, 1.82) is 0 Å². The summed E-state index contributed by atoms with van der Waals surface area (Å²) in [5, 5.41) is 0. The second-order valence-corrected chi connectivity index (χ2v) is 13.8. The van der Waals surface area contributed by atoms with E-state index in [1.54, 1.807) is 0 Å². The minimum atomic E-state index is -4.74. The Bertz CT molecular complexity index is 751. The van der Waals surface area contributed by atoms with E-state index in [2.05, 4.69) is 30.5 Å². The smallest absolute Gasteiger partial charge is 0.462 e. The molecule has 9 heteroatoms. The van der Waals surface area contributed by atoms with Gasteiger partial charge in [0.1, 0.15) is 6.61 Å². The fourth-order valence-corrected chi connectivity index (χ4v) is 5.61. The van der Waals surface area contributed by atoms with E-state index in [1.807, 2.05) is 0 Å². The molecule has 0 aromatic carbocycles. The molecule has 0 bridgehead atoms. The van der Waals surface area contributed by atoms with Gasteiger partial charge in [0, 0.05) is 12.8 Å². The molecule has 0 amide bonds. The molecule has 0 saturated carbocycles. The van der Waals surface area contributed by atoms with E-state index in [9.17, 15) is 14.2 Å². The minimum Gasteiger partial charge on any atom is -0.462 e. The lowest BCUT2D eigenvalue weighted by Crippen LogP contribution is -2.29. The Hall–Kier alpha value is -1.21. The van der Waals surface area contributed by atoms with E-state index in [0.717, 1.165) is 51.4 Å². The molecule has 2 N–H and O–H groups in total. The summed E-state index contributed by atoms with van der Waals surface area (Å²) in [6.07, 6.45) is 33.6. The number of hydrogen-bond donors (Lipinski definition) is 2. The summed E-state index contributed by atoms with van der Waals surface area (Å²) < 4.78 is 26.3. The highest BCUT2D eigenvalue weighted by Gasteiger charge is 2.22. The molecular formula is C36H69O8P. The number of phosphoric ester groups is 1. The second kappa shape index (κ2) is 32.7. The molecule has 0 saturated heterocycles. The third kappa shape index (κ3) is 35.5. The summed E-state index contributed by atoms with van der Waals surface area (Å²) >= 11 is 0. The van der Waals surface area contributed by atoms with Gasteiger partial charge in [-0.15, -0.1) is 0 Å². The maximum absolute atomic E-state index is 12.3. The number of rotatable bonds is 34. The van der Waals surface area contributed by atoms with Crippen LogP contribution in [0, 0.1) is 0 Å². The highest BCUT2D eigenvalue weighted by atomic mass is 31.2. The van der Waals surface area contributed by atoms with Crippen molar-refractivity contribution in [2.24, 2.45) is 0 Å². The molecule has 0 heterocycles. The maximum Gasteiger partial charge on any atom is 0.469 e. The van der Waals surface area contributed by atoms with Crippen molar-refractivity contribution in [2.45, 2.75) is 193 Å². The third-order valence-electron chi connectivity index (χ3n) is 8.03. The van der Waals surface area contributed by atoms with Crippen molar-refractivity contribution in [3.8, 4) is 0 Å². The summed E-state index contributed by atoms with van der Waals surface area (Å²) in [6.45, 7) is 3.65. The average Bonchev–Trinajstić information content (AvgIpc) is 3.00. The topological polar surface area (TPSA) is 119 Å². The number of carbonyl (C=O) groups excluding carboxylic acids is 2. The van der Waals surface area contributed by atoms with Gasteiger partial charge in [-0.3, -0.25) is 14.1 Å². The predicted molar refractivity (Wildman–Crippen MR) is 184 cm³/mol. The van der Waals surface area contributed by atoms with Gasteiger partial charge in [-0.05, 0) is 38.5 Å². The number of esters is 2. The molecule has 0 aliphatic heterocycles. The number of phosphoric acid groups is 1. The van der Waals surface area contributed by atoms with Crippen molar-refractivity contribution < 1.29 is 37.9 Å². The lowest BCUT2D eigenvalue weighted by atomic mass is 10.0. The molecule has 8 nitrogen and oxygen atoms in total. The molecule has 0 aromatic heterocycles. The van der Waals surface area contributed by atoms with Gasteiger partial charge in [-0.25, -0.2) is 4.57 Å². The van der Waals surface area contributed by atoms with Crippen LogP contribution in [0.25, 0.3) is 0 Å². The van der Waals surface area contributed by atoms with E-state index >= 15 is 0 Å². The first-order chi connectivity index (χ1) is 21.8. The van der Waals surface area contributed by atoms with Crippen LogP contribution in [0.5, 0.6) is 0 Å². The highest BCUT2D eigenvalue weighted by Crippen LogP contribution is 2.36. The number of ether oxygens (including phenoxy) is 2. The normalized spacial score (nSPS) is 12.5. The van der Waals surface area contributed by atoms with Crippen LogP contribution in [0.3, 0.4) is 0 Å². The molecule has 1 atom stereocenters. The van der Waals surface area contributed by atoms with Crippen molar-refractivity contribution in [1.82, 2.24) is 0 Å². The van der Waals surface area contributed by atoms with Gasteiger partial charge in [0.05, 0.1) is 6.61 Å². The lowest BCUT2D eigenvalue weighted by molar-refractivity contribution is -0.161. The fraction of sp³-hybridized carbons (Fsp3) is 0.889. The van der Waals surface area contributed by atoms with Gasteiger partial charge in [0.15, 0.2) is 6.10 Å². The van der Waals surface area contributed by atoms with Gasteiger partial charge in [0.2, 0.25) is 0 Å². The van der Waals surface area contributed by atoms with Gasteiger partial charge < -0.3 is 19.3 Å². The third-order valence-corrected chi connectivity index (χ3v) is 8.52. The van der Waals surface area contributed by atoms with E-state index in [4.69, 9.17) is 19.3 Å². The molecule has 0 aromatic rings. The van der Waals surface area contributed by atoms with Crippen LogP contribution >= 0.6 is 7.82 Å². The summed E-state index contributed by atoms with van der Waals surface area (Å²) in [7, 11) is -4.74. The predicted octanol–water partition coefficient (Wildman–Crippen LogP) is 10.7. The zero-order valence-corrected chi connectivity index (χ0v) is 29.9. The summed E-state index contributed by atoms with van der Waals surface area (Å²) in [6, 6.07) is 0. The van der Waals surface area contributed by atoms with Crippen LogP contribution in [-0.2, 0) is 28.2 Å². The molecule has 0 unspecified atom stereocenters. The first-order valence-corrected chi connectivity index (χ1v) is 20.0. The Morgan fingerprint density at radius 1 is 0.556 bits per heavy atom. The first-order valence-electron chi connectivity index (χ1n) is 18.5. The molecule has 0 fully saturated rings. The highest BCUT2D eigenvalue weighted by molar-refractivity contribution is 7.46. The van der Waals surface area contributed by atoms with Crippen LogP contribution < -0.4 is 0 Å². The summed E-state index contributed by atoms with van der Waals surface area (Å²) in [5.41, 5.74) is 0. The summed E-state index contributed by atoms with van der Waals surface area (Å²) in [5.74, 6) is -0.888. The number of carbonyl (C=O) groups is 2. The van der Waals surface area contributed by atoms with E-state index < -0.39 is 32.5 Å². The van der Waals surface area contributed by atoms with E-state index in [1.165, 1.54) is 96.3 Å². The summed E-state index contributed by atoms with van der Waals surface area (Å²) in [4.78, 5) is 42.6. The van der Waals surface area contributed by atoms with Crippen LogP contribution in [0.15, 0.2) is 12.2 Å². The van der Waals surface area contributed by atoms with Crippen molar-refractivity contribution >= 4 is 19.8 Å².